The summed E-state index contributed by atoms with van der Waals surface area (Å²) in [6.45, 7) is 6.76. The molecule has 0 heterocycles. The zero-order valence-electron chi connectivity index (χ0n) is 26.3. The van der Waals surface area contributed by atoms with Gasteiger partial charge in [0.2, 0.25) is 0 Å². The van der Waals surface area contributed by atoms with E-state index in [0.717, 1.165) is 24.2 Å². The minimum absolute atomic E-state index is 0. The maximum Gasteiger partial charge on any atom is 2.00 e. The van der Waals surface area contributed by atoms with Crippen LogP contribution >= 0.6 is 11.6 Å². The predicted octanol–water partition coefficient (Wildman–Crippen LogP) is 10.4. The van der Waals surface area contributed by atoms with Gasteiger partial charge in [-0.2, -0.15) is 0 Å². The van der Waals surface area contributed by atoms with Crippen molar-refractivity contribution >= 4 is 11.6 Å². The van der Waals surface area contributed by atoms with E-state index >= 15 is 0 Å². The van der Waals surface area contributed by atoms with E-state index < -0.39 is 0 Å². The smallest absolute Gasteiger partial charge is 0.396 e. The molecule has 5 heteroatoms. The zero-order chi connectivity index (χ0) is 22.9. The van der Waals surface area contributed by atoms with Crippen molar-refractivity contribution in [2.45, 2.75) is 141 Å². The molecule has 0 aromatic carbocycles. The summed E-state index contributed by atoms with van der Waals surface area (Å²) in [5.74, 6) is 3.03. The van der Waals surface area contributed by atoms with Crippen molar-refractivity contribution < 1.29 is 39.2 Å². The number of aliphatic hydroxyl groups excluding tert-OH is 1. The summed E-state index contributed by atoms with van der Waals surface area (Å²) in [7, 11) is 0. The Morgan fingerprint density at radius 1 is 0.579 bits per heavy atom. The first-order chi connectivity index (χ1) is 15.7. The summed E-state index contributed by atoms with van der Waals surface area (Å²) in [5, 5.41) is 9.36. The molecule has 0 saturated heterocycles. The van der Waals surface area contributed by atoms with Crippen LogP contribution in [0.25, 0.3) is 0 Å². The van der Waals surface area contributed by atoms with Crippen molar-refractivity contribution in [1.29, 1.82) is 0 Å². The van der Waals surface area contributed by atoms with Gasteiger partial charge in [0.15, 0.2) is 0 Å². The molecule has 4 saturated carbocycles. The first kappa shape index (κ1) is 49.0. The standard InChI is InChI=1S/C18H35NO.C6H12.C5H9Cl.4CH3.2Fe/c20-14-8-2-1-7-13-19(15-17-9-3-4-10-17)16-18-11-5-6-12-18;1-6-4-2-3-5-6;6-5-3-1-2-4-5;;;;;;/h17-18,20H,1-16H2;6H,2-5H2,1H3;5H,1-4H2;4*1H3;;/q;;;4*-1;2*+2. The average molecular weight is 642 g/mol. The number of unbranched alkanes of at least 4 members (excludes halogenated alkanes) is 3. The van der Waals surface area contributed by atoms with Gasteiger partial charge in [0.25, 0.3) is 0 Å². The van der Waals surface area contributed by atoms with E-state index in [2.05, 4.69) is 11.8 Å². The fourth-order valence-electron chi connectivity index (χ4n) is 6.18. The number of hydrogen-bond donors (Lipinski definition) is 1. The van der Waals surface area contributed by atoms with Crippen molar-refractivity contribution in [2.75, 3.05) is 26.2 Å². The molecule has 1 N–H and O–H groups in total. The molecule has 4 aliphatic carbocycles. The van der Waals surface area contributed by atoms with Crippen LogP contribution in [0, 0.1) is 47.5 Å². The maximum absolute atomic E-state index is 8.84. The molecule has 0 unspecified atom stereocenters. The van der Waals surface area contributed by atoms with Crippen molar-refractivity contribution in [1.82, 2.24) is 4.90 Å². The summed E-state index contributed by atoms with van der Waals surface area (Å²) < 4.78 is 0. The van der Waals surface area contributed by atoms with Gasteiger partial charge in [-0.1, -0.05) is 84.0 Å². The van der Waals surface area contributed by atoms with Crippen LogP contribution in [0.3, 0.4) is 0 Å². The topological polar surface area (TPSA) is 23.5 Å². The average Bonchev–Trinajstić information content (AvgIpc) is 3.59. The van der Waals surface area contributed by atoms with Crippen molar-refractivity contribution in [3.05, 3.63) is 29.7 Å². The first-order valence-electron chi connectivity index (χ1n) is 14.6. The number of halogens is 1. The van der Waals surface area contributed by atoms with Gasteiger partial charge in [0.05, 0.1) is 0 Å². The zero-order valence-corrected chi connectivity index (χ0v) is 29.2. The molecule has 0 aliphatic heterocycles. The van der Waals surface area contributed by atoms with Gasteiger partial charge in [0.1, 0.15) is 0 Å². The second-order valence-electron chi connectivity index (χ2n) is 11.5. The second kappa shape index (κ2) is 32.8. The Morgan fingerprint density at radius 2 is 0.947 bits per heavy atom. The molecule has 2 nitrogen and oxygen atoms in total. The van der Waals surface area contributed by atoms with Crippen LogP contribution in [-0.4, -0.2) is 41.6 Å². The largest absolute Gasteiger partial charge is 2.00 e. The Kier molecular flexibility index (Phi) is 42.2. The number of hydrogen-bond acceptors (Lipinski definition) is 2. The van der Waals surface area contributed by atoms with Gasteiger partial charge < -0.3 is 39.7 Å². The van der Waals surface area contributed by atoms with E-state index in [1.165, 1.54) is 142 Å². The van der Waals surface area contributed by atoms with Gasteiger partial charge in [-0.3, -0.25) is 0 Å². The molecule has 0 amide bonds. The van der Waals surface area contributed by atoms with E-state index in [9.17, 15) is 0 Å². The van der Waals surface area contributed by atoms with E-state index in [4.69, 9.17) is 16.7 Å². The van der Waals surface area contributed by atoms with Gasteiger partial charge >= 0.3 is 34.1 Å². The molecule has 4 rings (SSSR count). The summed E-state index contributed by atoms with van der Waals surface area (Å²) in [6, 6.07) is 0. The molecule has 0 spiro atoms. The minimum Gasteiger partial charge on any atom is -0.396 e. The van der Waals surface area contributed by atoms with Crippen LogP contribution < -0.4 is 0 Å². The monoisotopic (exact) mass is 641 g/mol. The number of alkyl halides is 1. The molecular formula is C33H68ClFe2NO. The van der Waals surface area contributed by atoms with Crippen molar-refractivity contribution in [2.24, 2.45) is 17.8 Å². The third kappa shape index (κ3) is 25.0. The van der Waals surface area contributed by atoms with Crippen LogP contribution in [0.15, 0.2) is 0 Å². The Bertz CT molecular complexity index is 387. The Balaban J connectivity index is -0.000000170. The van der Waals surface area contributed by atoms with Crippen LogP contribution in [-0.2, 0) is 34.1 Å². The van der Waals surface area contributed by atoms with Gasteiger partial charge in [-0.05, 0) is 75.7 Å². The molecule has 0 bridgehead atoms. The molecule has 4 aliphatic rings. The predicted molar refractivity (Wildman–Crippen MR) is 167 cm³/mol. The van der Waals surface area contributed by atoms with Gasteiger partial charge in [0, 0.05) is 25.1 Å². The summed E-state index contributed by atoms with van der Waals surface area (Å²) in [4.78, 5) is 2.80. The van der Waals surface area contributed by atoms with E-state index in [-0.39, 0.29) is 63.8 Å². The van der Waals surface area contributed by atoms with E-state index in [0.29, 0.717) is 12.0 Å². The number of aliphatic hydroxyl groups is 1. The summed E-state index contributed by atoms with van der Waals surface area (Å²) >= 11 is 5.71. The Labute approximate surface area is 268 Å². The third-order valence-corrected chi connectivity index (χ3v) is 8.73. The van der Waals surface area contributed by atoms with Crippen molar-refractivity contribution in [3.8, 4) is 0 Å². The molecule has 0 aromatic heterocycles. The fourth-order valence-corrected chi connectivity index (χ4v) is 6.49. The van der Waals surface area contributed by atoms with E-state index in [1.807, 2.05) is 0 Å². The Morgan fingerprint density at radius 3 is 1.26 bits per heavy atom. The maximum atomic E-state index is 8.84. The summed E-state index contributed by atoms with van der Waals surface area (Å²) in [5.41, 5.74) is 0. The summed E-state index contributed by atoms with van der Waals surface area (Å²) in [6.07, 6.45) is 27.8. The van der Waals surface area contributed by atoms with Crippen molar-refractivity contribution in [3.63, 3.8) is 0 Å². The normalized spacial score (nSPS) is 19.3. The minimum atomic E-state index is 0. The Hall–Kier alpha value is 1.25. The van der Waals surface area contributed by atoms with Crippen LogP contribution in [0.2, 0.25) is 0 Å². The fraction of sp³-hybridized carbons (Fsp3) is 0.879. The molecule has 38 heavy (non-hydrogen) atoms. The van der Waals surface area contributed by atoms with Crippen LogP contribution in [0.1, 0.15) is 135 Å². The molecule has 234 valence electrons. The second-order valence-corrected chi connectivity index (χ2v) is 12.1. The van der Waals surface area contributed by atoms with Crippen LogP contribution in [0.4, 0.5) is 0 Å². The van der Waals surface area contributed by atoms with E-state index in [1.54, 1.807) is 0 Å². The van der Waals surface area contributed by atoms with Gasteiger partial charge in [-0.15, -0.1) is 11.6 Å². The molecule has 4 fully saturated rings. The quantitative estimate of drug-likeness (QED) is 0.111. The third-order valence-electron chi connectivity index (χ3n) is 8.29. The van der Waals surface area contributed by atoms with Gasteiger partial charge in [-0.25, -0.2) is 0 Å². The molecule has 0 aromatic rings. The SMILES string of the molecule is CC1CCCC1.ClC1CCCC1.OCCCCCCN(CC1CCCC1)CC1CCCC1.[CH3-].[CH3-].[CH3-].[CH3-].[Fe+2].[Fe+2]. The van der Waals surface area contributed by atoms with Crippen LogP contribution in [0.5, 0.6) is 0 Å². The molecule has 0 radical (unpaired) electrons. The number of rotatable bonds is 10. The molecular weight excluding hydrogens is 574 g/mol. The number of nitrogens with zero attached hydrogens (tertiary/aromatic N) is 1. The first-order valence-corrected chi connectivity index (χ1v) is 15.1. The molecule has 0 atom stereocenters.